The lowest BCUT2D eigenvalue weighted by molar-refractivity contribution is -0.123. The Labute approximate surface area is 146 Å². The van der Waals surface area contributed by atoms with E-state index in [0.29, 0.717) is 0 Å². The maximum Gasteiger partial charge on any atom is 0.242 e. The van der Waals surface area contributed by atoms with Gasteiger partial charge in [0, 0.05) is 12.6 Å². The van der Waals surface area contributed by atoms with Gasteiger partial charge in [-0.05, 0) is 55.0 Å². The average Bonchev–Trinajstić information content (AvgIpc) is 3.18. The number of ether oxygens (including phenoxy) is 1. The van der Waals surface area contributed by atoms with Crippen molar-refractivity contribution >= 4 is 5.91 Å². The molecular weight excluding hydrogens is 318 g/mol. The van der Waals surface area contributed by atoms with Crippen LogP contribution in [0.3, 0.4) is 0 Å². The number of aryl methyl sites for hydroxylation is 1. The topological polar surface area (TPSA) is 76.4 Å². The maximum absolute atomic E-state index is 12.5. The summed E-state index contributed by atoms with van der Waals surface area (Å²) in [6.07, 6.45) is 3.91. The fourth-order valence-corrected chi connectivity index (χ4v) is 3.69. The highest BCUT2D eigenvalue weighted by atomic mass is 16.5. The molecule has 1 saturated carbocycles. The van der Waals surface area contributed by atoms with E-state index in [1.165, 1.54) is 5.56 Å². The molecule has 0 saturated heterocycles. The molecule has 1 unspecified atom stereocenters. The largest absolute Gasteiger partial charge is 0.493 e. The fourth-order valence-electron chi connectivity index (χ4n) is 3.69. The molecule has 2 aliphatic rings. The van der Waals surface area contributed by atoms with E-state index in [-0.39, 0.29) is 30.5 Å². The summed E-state index contributed by atoms with van der Waals surface area (Å²) in [5, 5.41) is 17.1. The number of aromatic nitrogens is 2. The second kappa shape index (κ2) is 6.52. The van der Waals surface area contributed by atoms with Crippen LogP contribution in [-0.2, 0) is 17.8 Å². The molecule has 2 heterocycles. The SMILES string of the molecule is Cc1ccn(CC(=O)NC(c2ccc3c(c2)CCO3)C2CC(O)C2)n1. The van der Waals surface area contributed by atoms with Gasteiger partial charge in [-0.25, -0.2) is 0 Å². The smallest absolute Gasteiger partial charge is 0.242 e. The van der Waals surface area contributed by atoms with Gasteiger partial charge in [0.05, 0.1) is 24.4 Å². The molecule has 25 heavy (non-hydrogen) atoms. The van der Waals surface area contributed by atoms with Gasteiger partial charge < -0.3 is 15.2 Å². The Morgan fingerprint density at radius 3 is 3.00 bits per heavy atom. The normalized spacial score (nSPS) is 22.6. The summed E-state index contributed by atoms with van der Waals surface area (Å²) in [6.45, 7) is 2.82. The molecule has 132 valence electrons. The van der Waals surface area contributed by atoms with Crippen LogP contribution in [0.25, 0.3) is 0 Å². The van der Waals surface area contributed by atoms with Crippen molar-refractivity contribution in [3.63, 3.8) is 0 Å². The number of nitrogens with one attached hydrogen (secondary N) is 1. The van der Waals surface area contributed by atoms with Crippen molar-refractivity contribution in [1.29, 1.82) is 0 Å². The van der Waals surface area contributed by atoms with Crippen LogP contribution in [0, 0.1) is 12.8 Å². The zero-order valence-electron chi connectivity index (χ0n) is 14.3. The molecule has 0 bridgehead atoms. The van der Waals surface area contributed by atoms with E-state index in [2.05, 4.69) is 16.5 Å². The van der Waals surface area contributed by atoms with Gasteiger partial charge in [-0.3, -0.25) is 9.48 Å². The molecule has 0 radical (unpaired) electrons. The molecule has 1 aromatic heterocycles. The van der Waals surface area contributed by atoms with Gasteiger partial charge >= 0.3 is 0 Å². The number of benzene rings is 1. The van der Waals surface area contributed by atoms with Crippen LogP contribution >= 0.6 is 0 Å². The van der Waals surface area contributed by atoms with Gasteiger partial charge in [0.25, 0.3) is 0 Å². The Bertz CT molecular complexity index is 780. The minimum Gasteiger partial charge on any atom is -0.493 e. The molecule has 6 nitrogen and oxygen atoms in total. The third kappa shape index (κ3) is 3.39. The van der Waals surface area contributed by atoms with Crippen molar-refractivity contribution in [1.82, 2.24) is 15.1 Å². The number of carbonyl (C=O) groups excluding carboxylic acids is 1. The van der Waals surface area contributed by atoms with Crippen molar-refractivity contribution in [3.8, 4) is 5.75 Å². The zero-order valence-corrected chi connectivity index (χ0v) is 14.3. The number of amides is 1. The lowest BCUT2D eigenvalue weighted by atomic mass is 9.75. The summed E-state index contributed by atoms with van der Waals surface area (Å²) < 4.78 is 7.22. The minimum absolute atomic E-state index is 0.0637. The Morgan fingerprint density at radius 2 is 2.28 bits per heavy atom. The van der Waals surface area contributed by atoms with E-state index in [0.717, 1.165) is 42.9 Å². The standard InChI is InChI=1S/C19H23N3O3/c1-12-4-6-22(21-12)11-18(24)20-19(15-9-16(23)10-15)14-2-3-17-13(8-14)5-7-25-17/h2-4,6,8,15-16,19,23H,5,7,9-11H2,1H3,(H,20,24). The predicted molar refractivity (Wildman–Crippen MR) is 92.2 cm³/mol. The summed E-state index contributed by atoms with van der Waals surface area (Å²) in [7, 11) is 0. The van der Waals surface area contributed by atoms with Crippen LogP contribution in [0.4, 0.5) is 0 Å². The van der Waals surface area contributed by atoms with Crippen LogP contribution in [0.15, 0.2) is 30.5 Å². The molecule has 1 fully saturated rings. The third-order valence-corrected chi connectivity index (χ3v) is 5.09. The Morgan fingerprint density at radius 1 is 1.44 bits per heavy atom. The molecule has 1 aromatic carbocycles. The molecule has 6 heteroatoms. The van der Waals surface area contributed by atoms with Crippen molar-refractivity contribution < 1.29 is 14.6 Å². The van der Waals surface area contributed by atoms with Crippen LogP contribution in [0.1, 0.15) is 35.7 Å². The van der Waals surface area contributed by atoms with Gasteiger partial charge in [0.2, 0.25) is 5.91 Å². The Kier molecular flexibility index (Phi) is 4.21. The van der Waals surface area contributed by atoms with Crippen LogP contribution in [0.5, 0.6) is 5.75 Å². The highest BCUT2D eigenvalue weighted by Gasteiger charge is 2.36. The lowest BCUT2D eigenvalue weighted by Gasteiger charge is -2.38. The van der Waals surface area contributed by atoms with E-state index in [9.17, 15) is 9.90 Å². The molecular formula is C19H23N3O3. The second-order valence-electron chi connectivity index (χ2n) is 7.05. The van der Waals surface area contributed by atoms with Gasteiger partial charge in [-0.15, -0.1) is 0 Å². The molecule has 0 spiro atoms. The summed E-state index contributed by atoms with van der Waals surface area (Å²) in [4.78, 5) is 12.5. The number of carbonyl (C=O) groups is 1. The Balaban J connectivity index is 1.51. The van der Waals surface area contributed by atoms with Crippen molar-refractivity contribution in [3.05, 3.63) is 47.3 Å². The van der Waals surface area contributed by atoms with E-state index in [4.69, 9.17) is 4.74 Å². The number of fused-ring (bicyclic) bond motifs is 1. The molecule has 2 N–H and O–H groups in total. The number of nitrogens with zero attached hydrogens (tertiary/aromatic N) is 2. The number of aliphatic hydroxyl groups is 1. The van der Waals surface area contributed by atoms with Gasteiger partial charge in [-0.1, -0.05) is 6.07 Å². The first kappa shape index (κ1) is 16.1. The molecule has 1 atom stereocenters. The highest BCUT2D eigenvalue weighted by molar-refractivity contribution is 5.76. The maximum atomic E-state index is 12.5. The molecule has 1 amide bonds. The molecule has 4 rings (SSSR count). The number of aliphatic hydroxyl groups excluding tert-OH is 1. The first-order valence-corrected chi connectivity index (χ1v) is 8.81. The van der Waals surface area contributed by atoms with E-state index >= 15 is 0 Å². The summed E-state index contributed by atoms with van der Waals surface area (Å²) in [5.41, 5.74) is 3.18. The molecule has 1 aliphatic carbocycles. The van der Waals surface area contributed by atoms with Crippen molar-refractivity contribution in [2.24, 2.45) is 5.92 Å². The monoisotopic (exact) mass is 341 g/mol. The first-order valence-electron chi connectivity index (χ1n) is 8.81. The van der Waals surface area contributed by atoms with Gasteiger partial charge in [-0.2, -0.15) is 5.10 Å². The van der Waals surface area contributed by atoms with E-state index in [1.807, 2.05) is 31.3 Å². The van der Waals surface area contributed by atoms with Crippen molar-refractivity contribution in [2.75, 3.05) is 6.61 Å². The molecule has 1 aliphatic heterocycles. The third-order valence-electron chi connectivity index (χ3n) is 5.09. The van der Waals surface area contributed by atoms with E-state index < -0.39 is 0 Å². The van der Waals surface area contributed by atoms with Crippen molar-refractivity contribution in [2.45, 2.75) is 44.9 Å². The van der Waals surface area contributed by atoms with E-state index in [1.54, 1.807) is 4.68 Å². The van der Waals surface area contributed by atoms with Gasteiger partial charge in [0.15, 0.2) is 0 Å². The highest BCUT2D eigenvalue weighted by Crippen LogP contribution is 2.39. The first-order chi connectivity index (χ1) is 12.1. The van der Waals surface area contributed by atoms with Crippen LogP contribution < -0.4 is 10.1 Å². The quantitative estimate of drug-likeness (QED) is 0.869. The second-order valence-corrected chi connectivity index (χ2v) is 7.05. The van der Waals surface area contributed by atoms with Crippen LogP contribution in [0.2, 0.25) is 0 Å². The zero-order chi connectivity index (χ0) is 17.4. The fraction of sp³-hybridized carbons (Fsp3) is 0.474. The summed E-state index contributed by atoms with van der Waals surface area (Å²) in [6, 6.07) is 7.95. The number of hydrogen-bond acceptors (Lipinski definition) is 4. The predicted octanol–water partition coefficient (Wildman–Crippen LogP) is 1.75. The van der Waals surface area contributed by atoms with Gasteiger partial charge in [0.1, 0.15) is 12.3 Å². The summed E-state index contributed by atoms with van der Waals surface area (Å²) >= 11 is 0. The lowest BCUT2D eigenvalue weighted by Crippen LogP contribution is -2.42. The summed E-state index contributed by atoms with van der Waals surface area (Å²) in [5.74, 6) is 1.14. The molecule has 2 aromatic rings. The van der Waals surface area contributed by atoms with Crippen LogP contribution in [-0.4, -0.2) is 33.5 Å². The minimum atomic E-state index is -0.254. The number of hydrogen-bond donors (Lipinski definition) is 2. The average molecular weight is 341 g/mol. The number of rotatable bonds is 5. The Hall–Kier alpha value is -2.34.